The maximum absolute atomic E-state index is 7.14. The average molecular weight is 348 g/mol. The second-order valence-corrected chi connectivity index (χ2v) is 10.2. The second kappa shape index (κ2) is 10.8. The molecule has 0 heterocycles. The molecular formula is C18H41NO3Si. The van der Waals surface area contributed by atoms with Crippen LogP contribution in [0.4, 0.5) is 0 Å². The van der Waals surface area contributed by atoms with Gasteiger partial charge in [0.2, 0.25) is 0 Å². The quantitative estimate of drug-likeness (QED) is 0.464. The van der Waals surface area contributed by atoms with Gasteiger partial charge in [0.05, 0.1) is 5.16 Å². The Kier molecular flexibility index (Phi) is 10.9. The summed E-state index contributed by atoms with van der Waals surface area (Å²) in [6.07, 6.45) is 9.94. The van der Waals surface area contributed by atoms with E-state index in [9.17, 15) is 0 Å². The highest BCUT2D eigenvalue weighted by molar-refractivity contribution is 6.64. The molecule has 1 unspecified atom stereocenters. The van der Waals surface area contributed by atoms with Crippen LogP contribution in [0.1, 0.15) is 85.5 Å². The lowest BCUT2D eigenvalue weighted by atomic mass is 9.72. The molecule has 0 aromatic heterocycles. The molecule has 4 nitrogen and oxygen atoms in total. The van der Waals surface area contributed by atoms with E-state index in [4.69, 9.17) is 19.0 Å². The summed E-state index contributed by atoms with van der Waals surface area (Å²) >= 11 is 0. The third kappa shape index (κ3) is 5.02. The standard InChI is InChI=1S/C18H41NO3Si/c1-8-11-14-17(4,15-12-9-2)18(19,16-13-10-3)23(20-5,21-6)22-7/h8-16,19H2,1-7H3. The monoisotopic (exact) mass is 347 g/mol. The SMILES string of the molecule is CCCCC(C)(CCCC)C(N)(CCCC)[Si](OC)(OC)OC. The van der Waals surface area contributed by atoms with Crippen LogP contribution in [0.25, 0.3) is 0 Å². The first-order chi connectivity index (χ1) is 10.9. The van der Waals surface area contributed by atoms with Gasteiger partial charge in [-0.1, -0.05) is 66.2 Å². The summed E-state index contributed by atoms with van der Waals surface area (Å²) in [4.78, 5) is 0. The number of hydrogen-bond acceptors (Lipinski definition) is 4. The maximum Gasteiger partial charge on any atom is 0.521 e. The van der Waals surface area contributed by atoms with E-state index in [0.717, 1.165) is 32.1 Å². The number of hydrogen-bond donors (Lipinski definition) is 1. The first-order valence-corrected chi connectivity index (χ1v) is 11.0. The molecule has 2 N–H and O–H groups in total. The molecule has 0 rings (SSSR count). The minimum atomic E-state index is -2.97. The molecule has 0 bridgehead atoms. The first kappa shape index (κ1) is 23.1. The zero-order valence-electron chi connectivity index (χ0n) is 16.7. The summed E-state index contributed by atoms with van der Waals surface area (Å²) in [6, 6.07) is 0. The number of rotatable bonds is 14. The summed E-state index contributed by atoms with van der Waals surface area (Å²) < 4.78 is 17.6. The van der Waals surface area contributed by atoms with Crippen molar-refractivity contribution in [3.8, 4) is 0 Å². The fraction of sp³-hybridized carbons (Fsp3) is 1.00. The van der Waals surface area contributed by atoms with E-state index >= 15 is 0 Å². The Hall–Kier alpha value is 0.0569. The number of unbranched alkanes of at least 4 members (excludes halogenated alkanes) is 3. The topological polar surface area (TPSA) is 53.7 Å². The predicted octanol–water partition coefficient (Wildman–Crippen LogP) is 4.68. The van der Waals surface area contributed by atoms with Gasteiger partial charge in [-0.2, -0.15) is 0 Å². The Bertz CT molecular complexity index is 294. The van der Waals surface area contributed by atoms with Crippen molar-refractivity contribution >= 4 is 8.80 Å². The summed E-state index contributed by atoms with van der Waals surface area (Å²) in [6.45, 7) is 8.99. The summed E-state index contributed by atoms with van der Waals surface area (Å²) in [5.41, 5.74) is 7.10. The van der Waals surface area contributed by atoms with Gasteiger partial charge < -0.3 is 19.0 Å². The zero-order chi connectivity index (χ0) is 18.0. The molecule has 0 amide bonds. The zero-order valence-corrected chi connectivity index (χ0v) is 17.7. The Morgan fingerprint density at radius 1 is 0.739 bits per heavy atom. The van der Waals surface area contributed by atoms with Crippen molar-refractivity contribution in [2.45, 2.75) is 90.6 Å². The van der Waals surface area contributed by atoms with Gasteiger partial charge in [-0.3, -0.25) is 0 Å². The van der Waals surface area contributed by atoms with Crippen molar-refractivity contribution in [2.24, 2.45) is 11.1 Å². The van der Waals surface area contributed by atoms with Crippen molar-refractivity contribution in [3.63, 3.8) is 0 Å². The van der Waals surface area contributed by atoms with E-state index in [-0.39, 0.29) is 5.41 Å². The van der Waals surface area contributed by atoms with Gasteiger partial charge in [0.15, 0.2) is 0 Å². The van der Waals surface area contributed by atoms with E-state index in [2.05, 4.69) is 27.7 Å². The molecule has 23 heavy (non-hydrogen) atoms. The molecule has 140 valence electrons. The largest absolute Gasteiger partial charge is 0.521 e. The minimum Gasteiger partial charge on any atom is -0.376 e. The molecule has 1 atom stereocenters. The molecule has 0 aliphatic heterocycles. The fourth-order valence-electron chi connectivity index (χ4n) is 3.78. The third-order valence-electron chi connectivity index (χ3n) is 5.52. The summed E-state index contributed by atoms with van der Waals surface area (Å²) in [5.74, 6) is 0. The van der Waals surface area contributed by atoms with Crippen LogP contribution >= 0.6 is 0 Å². The van der Waals surface area contributed by atoms with Crippen LogP contribution in [0.5, 0.6) is 0 Å². The van der Waals surface area contributed by atoms with Crippen LogP contribution in [0.2, 0.25) is 0 Å². The Morgan fingerprint density at radius 3 is 1.39 bits per heavy atom. The predicted molar refractivity (Wildman–Crippen MR) is 100 cm³/mol. The normalized spacial score (nSPS) is 15.7. The van der Waals surface area contributed by atoms with Crippen molar-refractivity contribution in [1.82, 2.24) is 0 Å². The molecule has 0 radical (unpaired) electrons. The van der Waals surface area contributed by atoms with Gasteiger partial charge in [-0.05, 0) is 24.7 Å². The highest BCUT2D eigenvalue weighted by Crippen LogP contribution is 2.47. The summed E-state index contributed by atoms with van der Waals surface area (Å²) in [5, 5.41) is -0.557. The van der Waals surface area contributed by atoms with Crippen molar-refractivity contribution < 1.29 is 13.3 Å². The fourth-order valence-corrected chi connectivity index (χ4v) is 6.85. The molecule has 0 saturated heterocycles. The molecule has 0 saturated carbocycles. The van der Waals surface area contributed by atoms with E-state index in [1.807, 2.05) is 0 Å². The van der Waals surface area contributed by atoms with Crippen molar-refractivity contribution in [3.05, 3.63) is 0 Å². The van der Waals surface area contributed by atoms with E-state index in [1.165, 1.54) is 25.7 Å². The highest BCUT2D eigenvalue weighted by Gasteiger charge is 2.64. The van der Waals surface area contributed by atoms with Gasteiger partial charge in [0, 0.05) is 21.3 Å². The third-order valence-corrected chi connectivity index (χ3v) is 9.08. The molecule has 0 aromatic carbocycles. The molecule has 0 aromatic rings. The minimum absolute atomic E-state index is 0.0392. The van der Waals surface area contributed by atoms with Crippen molar-refractivity contribution in [1.29, 1.82) is 0 Å². The number of nitrogens with two attached hydrogens (primary N) is 1. The van der Waals surface area contributed by atoms with E-state index in [1.54, 1.807) is 21.3 Å². The molecular weight excluding hydrogens is 306 g/mol. The van der Waals surface area contributed by atoms with Crippen LogP contribution in [0.3, 0.4) is 0 Å². The summed E-state index contributed by atoms with van der Waals surface area (Å²) in [7, 11) is 2.10. The Morgan fingerprint density at radius 2 is 1.09 bits per heavy atom. The smallest absolute Gasteiger partial charge is 0.376 e. The van der Waals surface area contributed by atoms with Gasteiger partial charge in [-0.25, -0.2) is 0 Å². The Labute approximate surface area is 145 Å². The van der Waals surface area contributed by atoms with Gasteiger partial charge in [0.25, 0.3) is 0 Å². The first-order valence-electron chi connectivity index (χ1n) is 9.31. The molecule has 0 spiro atoms. The van der Waals surface area contributed by atoms with Gasteiger partial charge in [-0.15, -0.1) is 0 Å². The molecule has 0 aliphatic carbocycles. The average Bonchev–Trinajstić information content (AvgIpc) is 2.58. The van der Waals surface area contributed by atoms with E-state index < -0.39 is 14.0 Å². The van der Waals surface area contributed by atoms with Gasteiger partial charge in [0.1, 0.15) is 0 Å². The lowest BCUT2D eigenvalue weighted by molar-refractivity contribution is 0.0307. The lowest BCUT2D eigenvalue weighted by Crippen LogP contribution is -2.75. The maximum atomic E-state index is 7.14. The van der Waals surface area contributed by atoms with Gasteiger partial charge >= 0.3 is 8.80 Å². The molecule has 5 heteroatoms. The lowest BCUT2D eigenvalue weighted by Gasteiger charge is -2.52. The van der Waals surface area contributed by atoms with Crippen LogP contribution in [-0.2, 0) is 13.3 Å². The van der Waals surface area contributed by atoms with E-state index in [0.29, 0.717) is 0 Å². The van der Waals surface area contributed by atoms with Crippen LogP contribution in [0, 0.1) is 5.41 Å². The van der Waals surface area contributed by atoms with Crippen LogP contribution in [0.15, 0.2) is 0 Å². The molecule has 0 fully saturated rings. The highest BCUT2D eigenvalue weighted by atomic mass is 28.4. The molecule has 0 aliphatic rings. The Balaban J connectivity index is 5.89. The van der Waals surface area contributed by atoms with Crippen molar-refractivity contribution in [2.75, 3.05) is 21.3 Å². The van der Waals surface area contributed by atoms with Crippen LogP contribution in [-0.4, -0.2) is 35.3 Å². The van der Waals surface area contributed by atoms with Crippen LogP contribution < -0.4 is 5.73 Å². The second-order valence-electron chi connectivity index (χ2n) is 7.01.